The number of hydrogen-bond acceptors (Lipinski definition) is 4. The Bertz CT molecular complexity index is 532. The minimum Gasteiger partial charge on any atom is -0.396 e. The Balaban J connectivity index is 1.85. The van der Waals surface area contributed by atoms with Gasteiger partial charge in [-0.3, -0.25) is 9.48 Å². The summed E-state index contributed by atoms with van der Waals surface area (Å²) in [6, 6.07) is 1.99. The minimum absolute atomic E-state index is 0.0121. The Hall–Kier alpha value is -1.82. The molecule has 2 aromatic heterocycles. The molecular weight excluding hydrogens is 248 g/mol. The molecule has 5 nitrogen and oxygen atoms in total. The molecule has 0 fully saturated rings. The summed E-state index contributed by atoms with van der Waals surface area (Å²) in [5.74, 6) is -0.0121. The summed E-state index contributed by atoms with van der Waals surface area (Å²) in [7, 11) is 0. The number of thiophene rings is 1. The van der Waals surface area contributed by atoms with Crippen molar-refractivity contribution in [3.05, 3.63) is 34.3 Å². The Morgan fingerprint density at radius 1 is 1.61 bits per heavy atom. The van der Waals surface area contributed by atoms with E-state index in [0.29, 0.717) is 18.8 Å². The number of aromatic nitrogens is 2. The van der Waals surface area contributed by atoms with Crippen LogP contribution in [0, 0.1) is 0 Å². The van der Waals surface area contributed by atoms with E-state index in [-0.39, 0.29) is 5.91 Å². The second kappa shape index (κ2) is 5.68. The first-order valence-corrected chi connectivity index (χ1v) is 6.71. The Morgan fingerprint density at radius 2 is 2.44 bits per heavy atom. The smallest absolute Gasteiger partial charge is 0.261 e. The molecule has 2 rings (SSSR count). The van der Waals surface area contributed by atoms with Crippen molar-refractivity contribution in [2.45, 2.75) is 19.9 Å². The van der Waals surface area contributed by atoms with Crippen molar-refractivity contribution in [1.82, 2.24) is 15.1 Å². The largest absolute Gasteiger partial charge is 0.396 e. The van der Waals surface area contributed by atoms with Crippen molar-refractivity contribution >= 4 is 22.9 Å². The topological polar surface area (TPSA) is 72.9 Å². The average Bonchev–Trinajstić information content (AvgIpc) is 2.97. The van der Waals surface area contributed by atoms with Gasteiger partial charge in [-0.05, 0) is 23.4 Å². The number of hydrogen-bond donors (Lipinski definition) is 2. The number of nitrogen functional groups attached to an aromatic ring is 1. The molecule has 18 heavy (non-hydrogen) atoms. The summed E-state index contributed by atoms with van der Waals surface area (Å²) in [5.41, 5.74) is 7.29. The molecule has 0 aliphatic rings. The molecule has 0 spiro atoms. The Kier molecular flexibility index (Phi) is 3.99. The highest BCUT2D eigenvalue weighted by atomic mass is 32.1. The molecule has 1 amide bonds. The first-order valence-electron chi connectivity index (χ1n) is 5.83. The number of amides is 1. The summed E-state index contributed by atoms with van der Waals surface area (Å²) < 4.78 is 1.71. The molecule has 6 heteroatoms. The third-order valence-electron chi connectivity index (χ3n) is 2.61. The number of aryl methyl sites for hydroxylation is 1. The number of nitrogens with two attached hydrogens (primary N) is 1. The molecule has 0 radical (unpaired) electrons. The molecule has 0 aromatic carbocycles. The second-order valence-electron chi connectivity index (χ2n) is 3.92. The van der Waals surface area contributed by atoms with Crippen molar-refractivity contribution in [3.8, 4) is 0 Å². The van der Waals surface area contributed by atoms with Gasteiger partial charge >= 0.3 is 0 Å². The van der Waals surface area contributed by atoms with Crippen LogP contribution >= 0.6 is 11.3 Å². The van der Waals surface area contributed by atoms with Gasteiger partial charge in [0.25, 0.3) is 5.91 Å². The van der Waals surface area contributed by atoms with Gasteiger partial charge in [0.1, 0.15) is 0 Å². The zero-order valence-corrected chi connectivity index (χ0v) is 11.0. The van der Waals surface area contributed by atoms with Crippen LogP contribution in [-0.2, 0) is 13.0 Å². The van der Waals surface area contributed by atoms with Crippen molar-refractivity contribution in [1.29, 1.82) is 0 Å². The van der Waals surface area contributed by atoms with Crippen LogP contribution in [0.4, 0.5) is 5.69 Å². The fourth-order valence-electron chi connectivity index (χ4n) is 1.68. The molecule has 0 unspecified atom stereocenters. The minimum atomic E-state index is -0.0121. The van der Waals surface area contributed by atoms with E-state index in [1.165, 1.54) is 11.3 Å². The third-order valence-corrected chi connectivity index (χ3v) is 3.57. The Labute approximate surface area is 110 Å². The number of rotatable bonds is 5. The molecule has 0 saturated heterocycles. The fraction of sp³-hybridized carbons (Fsp3) is 0.333. The van der Waals surface area contributed by atoms with Crippen LogP contribution in [0.25, 0.3) is 0 Å². The van der Waals surface area contributed by atoms with E-state index in [1.54, 1.807) is 17.1 Å². The van der Waals surface area contributed by atoms with E-state index in [2.05, 4.69) is 10.4 Å². The van der Waals surface area contributed by atoms with E-state index in [1.807, 2.05) is 18.4 Å². The van der Waals surface area contributed by atoms with E-state index >= 15 is 0 Å². The van der Waals surface area contributed by atoms with Crippen LogP contribution in [0.3, 0.4) is 0 Å². The van der Waals surface area contributed by atoms with Gasteiger partial charge < -0.3 is 11.1 Å². The van der Waals surface area contributed by atoms with Gasteiger partial charge in [0.05, 0.1) is 23.3 Å². The summed E-state index contributed by atoms with van der Waals surface area (Å²) in [5, 5.41) is 8.89. The normalized spacial score (nSPS) is 10.5. The second-order valence-corrected chi connectivity index (χ2v) is 4.84. The predicted octanol–water partition coefficient (Wildman–Crippen LogP) is 1.52. The molecule has 2 heterocycles. The molecule has 3 N–H and O–H groups in total. The first-order chi connectivity index (χ1) is 8.70. The highest BCUT2D eigenvalue weighted by Crippen LogP contribution is 2.16. The maximum Gasteiger partial charge on any atom is 0.261 e. The highest BCUT2D eigenvalue weighted by molar-refractivity contribution is 7.12. The van der Waals surface area contributed by atoms with Gasteiger partial charge in [-0.25, -0.2) is 0 Å². The maximum atomic E-state index is 11.9. The van der Waals surface area contributed by atoms with Gasteiger partial charge in [-0.1, -0.05) is 6.92 Å². The van der Waals surface area contributed by atoms with E-state index in [4.69, 9.17) is 5.73 Å². The lowest BCUT2D eigenvalue weighted by Gasteiger charge is -2.05. The summed E-state index contributed by atoms with van der Waals surface area (Å²) in [6.07, 6.45) is 4.22. The predicted molar refractivity (Wildman–Crippen MR) is 72.7 cm³/mol. The Morgan fingerprint density at radius 3 is 3.11 bits per heavy atom. The molecule has 0 atom stereocenters. The van der Waals surface area contributed by atoms with Gasteiger partial charge in [0.15, 0.2) is 0 Å². The zero-order chi connectivity index (χ0) is 13.0. The number of nitrogens with zero attached hydrogens (tertiary/aromatic N) is 2. The summed E-state index contributed by atoms with van der Waals surface area (Å²) in [6.45, 7) is 3.21. The molecule has 0 bridgehead atoms. The zero-order valence-electron chi connectivity index (χ0n) is 10.2. The van der Waals surface area contributed by atoms with Crippen LogP contribution in [0.1, 0.15) is 22.2 Å². The summed E-state index contributed by atoms with van der Waals surface area (Å²) in [4.78, 5) is 12.7. The number of anilines is 1. The van der Waals surface area contributed by atoms with E-state index < -0.39 is 0 Å². The van der Waals surface area contributed by atoms with Gasteiger partial charge in [-0.15, -0.1) is 11.3 Å². The maximum absolute atomic E-state index is 11.9. The third kappa shape index (κ3) is 2.89. The van der Waals surface area contributed by atoms with Crippen LogP contribution in [0.2, 0.25) is 0 Å². The van der Waals surface area contributed by atoms with Crippen molar-refractivity contribution in [2.24, 2.45) is 0 Å². The van der Waals surface area contributed by atoms with Crippen molar-refractivity contribution < 1.29 is 4.79 Å². The molecule has 0 aliphatic carbocycles. The molecule has 96 valence electrons. The van der Waals surface area contributed by atoms with Crippen LogP contribution in [-0.4, -0.2) is 22.2 Å². The van der Waals surface area contributed by atoms with Crippen molar-refractivity contribution in [3.63, 3.8) is 0 Å². The fourth-order valence-corrected chi connectivity index (χ4v) is 2.59. The van der Waals surface area contributed by atoms with Crippen LogP contribution in [0.5, 0.6) is 0 Å². The standard InChI is InChI=1S/C12H16N4OS/c1-2-9-3-6-18-11(9)12(17)14-4-5-16-8-10(13)7-15-16/h3,6-8H,2,4-5,13H2,1H3,(H,14,17). The van der Waals surface area contributed by atoms with Gasteiger partial charge in [-0.2, -0.15) is 5.10 Å². The summed E-state index contributed by atoms with van der Waals surface area (Å²) >= 11 is 1.48. The molecule has 2 aromatic rings. The molecule has 0 saturated carbocycles. The lowest BCUT2D eigenvalue weighted by Crippen LogP contribution is -2.27. The van der Waals surface area contributed by atoms with Gasteiger partial charge in [0, 0.05) is 12.7 Å². The SMILES string of the molecule is CCc1ccsc1C(=O)NCCn1cc(N)cn1. The average molecular weight is 264 g/mol. The number of carbonyl (C=O) groups is 1. The number of nitrogens with one attached hydrogen (secondary N) is 1. The number of carbonyl (C=O) groups excluding carboxylic acids is 1. The quantitative estimate of drug-likeness (QED) is 0.860. The van der Waals surface area contributed by atoms with Gasteiger partial charge in [0.2, 0.25) is 0 Å². The van der Waals surface area contributed by atoms with Crippen LogP contribution < -0.4 is 11.1 Å². The van der Waals surface area contributed by atoms with Crippen molar-refractivity contribution in [2.75, 3.05) is 12.3 Å². The lowest BCUT2D eigenvalue weighted by molar-refractivity contribution is 0.0955. The lowest BCUT2D eigenvalue weighted by atomic mass is 10.2. The highest BCUT2D eigenvalue weighted by Gasteiger charge is 2.11. The van der Waals surface area contributed by atoms with E-state index in [0.717, 1.165) is 16.9 Å². The van der Waals surface area contributed by atoms with Crippen LogP contribution in [0.15, 0.2) is 23.8 Å². The van der Waals surface area contributed by atoms with E-state index in [9.17, 15) is 4.79 Å². The molecule has 0 aliphatic heterocycles. The monoisotopic (exact) mass is 264 g/mol. The first kappa shape index (κ1) is 12.6. The molecular formula is C12H16N4OS.